The summed E-state index contributed by atoms with van der Waals surface area (Å²) in [6.07, 6.45) is 3.02. The largest absolute Gasteiger partial charge is 0.454 e. The third-order valence-electron chi connectivity index (χ3n) is 5.16. The van der Waals surface area contributed by atoms with Crippen LogP contribution < -0.4 is 25.4 Å². The van der Waals surface area contributed by atoms with Crippen LogP contribution in [0.5, 0.6) is 11.5 Å². The molecular formula is C22H16N4O6. The van der Waals surface area contributed by atoms with E-state index in [0.717, 1.165) is 4.90 Å². The van der Waals surface area contributed by atoms with Crippen molar-refractivity contribution in [2.75, 3.05) is 11.7 Å². The number of para-hydroxylation sites is 1. The number of aromatic nitrogens is 1. The molecule has 0 radical (unpaired) electrons. The van der Waals surface area contributed by atoms with Crippen molar-refractivity contribution in [2.24, 2.45) is 5.73 Å². The highest BCUT2D eigenvalue weighted by molar-refractivity contribution is 6.39. The highest BCUT2D eigenvalue weighted by atomic mass is 16.7. The summed E-state index contributed by atoms with van der Waals surface area (Å²) in [5, 5.41) is 2.91. The van der Waals surface area contributed by atoms with Crippen LogP contribution in [0, 0.1) is 0 Å². The highest BCUT2D eigenvalue weighted by Gasteiger charge is 2.37. The van der Waals surface area contributed by atoms with Crippen molar-refractivity contribution in [2.45, 2.75) is 6.54 Å². The normalized spacial score (nSPS) is 16.7. The molecule has 0 saturated carbocycles. The van der Waals surface area contributed by atoms with E-state index in [1.165, 1.54) is 18.2 Å². The number of hydrogen-bond acceptors (Lipinski definition) is 6. The van der Waals surface area contributed by atoms with E-state index in [2.05, 4.69) is 5.32 Å². The Morgan fingerprint density at radius 1 is 1.09 bits per heavy atom. The number of fused-ring (bicyclic) bond motifs is 2. The van der Waals surface area contributed by atoms with Crippen molar-refractivity contribution < 1.29 is 28.7 Å². The molecule has 1 saturated heterocycles. The zero-order chi connectivity index (χ0) is 22.4. The average molecular weight is 432 g/mol. The molecule has 2 aliphatic rings. The van der Waals surface area contributed by atoms with E-state index in [4.69, 9.17) is 15.2 Å². The number of nitrogens with zero attached hydrogens (tertiary/aromatic N) is 2. The molecule has 0 spiro atoms. The third-order valence-corrected chi connectivity index (χ3v) is 5.16. The number of primary amides is 1. The Labute approximate surface area is 180 Å². The Morgan fingerprint density at radius 3 is 2.69 bits per heavy atom. The van der Waals surface area contributed by atoms with E-state index in [9.17, 15) is 19.2 Å². The van der Waals surface area contributed by atoms with Crippen LogP contribution in [0.3, 0.4) is 0 Å². The minimum atomic E-state index is -0.868. The molecule has 3 heterocycles. The Balaban J connectivity index is 1.57. The van der Waals surface area contributed by atoms with Crippen LogP contribution in [0.4, 0.5) is 10.5 Å². The van der Waals surface area contributed by atoms with E-state index in [-0.39, 0.29) is 24.6 Å². The number of hydrogen-bond donors (Lipinski definition) is 2. The highest BCUT2D eigenvalue weighted by Crippen LogP contribution is 2.36. The van der Waals surface area contributed by atoms with Gasteiger partial charge in [0.25, 0.3) is 11.8 Å². The van der Waals surface area contributed by atoms with Gasteiger partial charge in [-0.2, -0.15) is 0 Å². The number of nitrogens with two attached hydrogens (primary N) is 1. The van der Waals surface area contributed by atoms with E-state index in [0.29, 0.717) is 28.0 Å². The summed E-state index contributed by atoms with van der Waals surface area (Å²) in [6, 6.07) is 10.9. The van der Waals surface area contributed by atoms with Crippen LogP contribution in [0.15, 0.2) is 54.2 Å². The Hall–Kier alpha value is -4.60. The fourth-order valence-corrected chi connectivity index (χ4v) is 3.76. The van der Waals surface area contributed by atoms with Gasteiger partial charge < -0.3 is 19.8 Å². The number of amides is 5. The molecule has 1 aromatic heterocycles. The van der Waals surface area contributed by atoms with Crippen molar-refractivity contribution in [1.82, 2.24) is 9.88 Å². The van der Waals surface area contributed by atoms with Crippen molar-refractivity contribution in [3.63, 3.8) is 0 Å². The number of rotatable bonds is 4. The molecule has 0 unspecified atom stereocenters. The van der Waals surface area contributed by atoms with Crippen LogP contribution in [-0.2, 0) is 20.9 Å². The summed E-state index contributed by atoms with van der Waals surface area (Å²) in [6.45, 7) is -0.0242. The summed E-state index contributed by atoms with van der Waals surface area (Å²) in [5.41, 5.74) is 6.57. The number of ether oxygens (including phenoxy) is 2. The van der Waals surface area contributed by atoms with Crippen LogP contribution in [0.2, 0.25) is 0 Å². The number of urea groups is 1. The van der Waals surface area contributed by atoms with Gasteiger partial charge in [-0.15, -0.1) is 0 Å². The summed E-state index contributed by atoms with van der Waals surface area (Å²) >= 11 is 0. The van der Waals surface area contributed by atoms with Gasteiger partial charge in [-0.3, -0.25) is 19.7 Å². The lowest BCUT2D eigenvalue weighted by atomic mass is 10.1. The van der Waals surface area contributed by atoms with E-state index >= 15 is 0 Å². The second kappa shape index (κ2) is 7.27. The first-order valence-corrected chi connectivity index (χ1v) is 9.59. The van der Waals surface area contributed by atoms with Crippen LogP contribution in [0.1, 0.15) is 5.56 Å². The first kappa shape index (κ1) is 19.4. The van der Waals surface area contributed by atoms with Gasteiger partial charge in [0.1, 0.15) is 12.1 Å². The third kappa shape index (κ3) is 3.14. The molecule has 2 aliphatic heterocycles. The standard InChI is InChI=1S/C22H16N4O6/c23-19(27)10-25-9-12(14-3-1-2-4-16(14)25)7-15-20(28)24-22(30)26(21(15)29)13-5-6-17-18(8-13)32-11-31-17/h1-9H,10-11H2,(H2,23,27)(H,24,28,30). The second-order valence-corrected chi connectivity index (χ2v) is 7.19. The molecule has 0 bridgehead atoms. The SMILES string of the molecule is NC(=O)Cn1cc(C=C2C(=O)NC(=O)N(c3ccc4c(c3)OCO4)C2=O)c2ccccc21. The first-order valence-electron chi connectivity index (χ1n) is 9.59. The molecular weight excluding hydrogens is 416 g/mol. The number of anilines is 1. The van der Waals surface area contributed by atoms with Crippen LogP contribution in [0.25, 0.3) is 17.0 Å². The molecule has 2 aromatic carbocycles. The molecule has 32 heavy (non-hydrogen) atoms. The molecule has 10 nitrogen and oxygen atoms in total. The summed E-state index contributed by atoms with van der Waals surface area (Å²) in [5.74, 6) is -1.25. The number of nitrogens with one attached hydrogen (secondary N) is 1. The van der Waals surface area contributed by atoms with Crippen molar-refractivity contribution in [3.05, 3.63) is 59.8 Å². The van der Waals surface area contributed by atoms with Gasteiger partial charge in [0.15, 0.2) is 11.5 Å². The van der Waals surface area contributed by atoms with E-state index in [1.54, 1.807) is 41.1 Å². The quantitative estimate of drug-likeness (QED) is 0.474. The summed E-state index contributed by atoms with van der Waals surface area (Å²) in [4.78, 5) is 50.5. The summed E-state index contributed by atoms with van der Waals surface area (Å²) < 4.78 is 12.2. The number of imide groups is 2. The molecule has 3 aromatic rings. The second-order valence-electron chi connectivity index (χ2n) is 7.19. The molecule has 3 N–H and O–H groups in total. The molecule has 10 heteroatoms. The van der Waals surface area contributed by atoms with Gasteiger partial charge in [-0.1, -0.05) is 18.2 Å². The maximum atomic E-state index is 13.2. The molecule has 160 valence electrons. The molecule has 1 fully saturated rings. The average Bonchev–Trinajstić information content (AvgIpc) is 3.35. The number of carbonyl (C=O) groups excluding carboxylic acids is 4. The fraction of sp³-hybridized carbons (Fsp3) is 0.0909. The smallest absolute Gasteiger partial charge is 0.335 e. The summed E-state index contributed by atoms with van der Waals surface area (Å²) in [7, 11) is 0. The molecule has 5 amide bonds. The van der Waals surface area contributed by atoms with E-state index in [1.807, 2.05) is 0 Å². The van der Waals surface area contributed by atoms with Gasteiger partial charge in [-0.25, -0.2) is 9.69 Å². The first-order chi connectivity index (χ1) is 15.4. The predicted molar refractivity (Wildman–Crippen MR) is 113 cm³/mol. The molecule has 5 rings (SSSR count). The number of carbonyl (C=O) groups is 4. The topological polar surface area (TPSA) is 133 Å². The Bertz CT molecular complexity index is 1360. The van der Waals surface area contributed by atoms with Crippen LogP contribution >= 0.6 is 0 Å². The van der Waals surface area contributed by atoms with Gasteiger partial charge in [0.05, 0.1) is 5.69 Å². The Morgan fingerprint density at radius 2 is 1.88 bits per heavy atom. The van der Waals surface area contributed by atoms with E-state index < -0.39 is 23.8 Å². The maximum absolute atomic E-state index is 13.2. The predicted octanol–water partition coefficient (Wildman–Crippen LogP) is 1.52. The van der Waals surface area contributed by atoms with Crippen molar-refractivity contribution >= 4 is 46.4 Å². The minimum Gasteiger partial charge on any atom is -0.454 e. The lowest BCUT2D eigenvalue weighted by Gasteiger charge is -2.26. The van der Waals surface area contributed by atoms with Crippen molar-refractivity contribution in [1.29, 1.82) is 0 Å². The minimum absolute atomic E-state index is 0.0396. The van der Waals surface area contributed by atoms with Gasteiger partial charge in [0, 0.05) is 28.7 Å². The van der Waals surface area contributed by atoms with Gasteiger partial charge >= 0.3 is 6.03 Å². The van der Waals surface area contributed by atoms with Crippen LogP contribution in [-0.4, -0.2) is 35.1 Å². The zero-order valence-electron chi connectivity index (χ0n) is 16.5. The zero-order valence-corrected chi connectivity index (χ0v) is 16.5. The Kier molecular flexibility index (Phi) is 4.40. The molecule has 0 aliphatic carbocycles. The van der Waals surface area contributed by atoms with Gasteiger partial charge in [0.2, 0.25) is 12.7 Å². The fourth-order valence-electron chi connectivity index (χ4n) is 3.76. The monoisotopic (exact) mass is 432 g/mol. The van der Waals surface area contributed by atoms with Crippen molar-refractivity contribution in [3.8, 4) is 11.5 Å². The lowest BCUT2D eigenvalue weighted by Crippen LogP contribution is -2.54. The number of benzene rings is 2. The maximum Gasteiger partial charge on any atom is 0.335 e. The number of barbiturate groups is 1. The van der Waals surface area contributed by atoms with Gasteiger partial charge in [-0.05, 0) is 24.3 Å². The molecule has 0 atom stereocenters. The lowest BCUT2D eigenvalue weighted by molar-refractivity contribution is -0.122.